The fraction of sp³-hybridized carbons (Fsp3) is 0.385. The van der Waals surface area contributed by atoms with Crippen LogP contribution in [0.3, 0.4) is 0 Å². The summed E-state index contributed by atoms with van der Waals surface area (Å²) in [7, 11) is 1.84. The van der Waals surface area contributed by atoms with Crippen LogP contribution in [-0.2, 0) is 9.59 Å². The predicted octanol–water partition coefficient (Wildman–Crippen LogP) is 2.24. The van der Waals surface area contributed by atoms with E-state index in [4.69, 9.17) is 11.6 Å². The summed E-state index contributed by atoms with van der Waals surface area (Å²) in [6.45, 7) is 2.19. The van der Waals surface area contributed by atoms with Crippen LogP contribution in [0.1, 0.15) is 19.8 Å². The Hall–Kier alpha value is -1.59. The molecule has 1 aromatic rings. The Morgan fingerprint density at radius 3 is 2.58 bits per heavy atom. The zero-order chi connectivity index (χ0) is 14.3. The van der Waals surface area contributed by atoms with Crippen LogP contribution in [0.25, 0.3) is 0 Å². The number of carbonyl (C=O) groups excluding carboxylic acids is 2. The van der Waals surface area contributed by atoms with Gasteiger partial charge in [0.1, 0.15) is 0 Å². The average Bonchev–Trinajstić information content (AvgIpc) is 2.32. The van der Waals surface area contributed by atoms with E-state index in [2.05, 4.69) is 16.0 Å². The molecule has 5 nitrogen and oxygen atoms in total. The van der Waals surface area contributed by atoms with Crippen LogP contribution >= 0.6 is 11.6 Å². The summed E-state index contributed by atoms with van der Waals surface area (Å²) < 4.78 is 0. The van der Waals surface area contributed by atoms with Gasteiger partial charge in [-0.3, -0.25) is 9.59 Å². The normalized spacial score (nSPS) is 10.1. The summed E-state index contributed by atoms with van der Waals surface area (Å²) in [5, 5.41) is 8.87. The van der Waals surface area contributed by atoms with Crippen LogP contribution in [-0.4, -0.2) is 25.4 Å². The van der Waals surface area contributed by atoms with Gasteiger partial charge < -0.3 is 16.0 Å². The van der Waals surface area contributed by atoms with E-state index in [-0.39, 0.29) is 11.8 Å². The van der Waals surface area contributed by atoms with Gasteiger partial charge in [-0.25, -0.2) is 0 Å². The second kappa shape index (κ2) is 7.76. The lowest BCUT2D eigenvalue weighted by atomic mass is 10.2. The summed E-state index contributed by atoms with van der Waals surface area (Å²) in [4.78, 5) is 22.8. The number of anilines is 2. The second-order valence-electron chi connectivity index (χ2n) is 4.13. The lowest BCUT2D eigenvalue weighted by Crippen LogP contribution is -2.17. The minimum atomic E-state index is -0.201. The maximum Gasteiger partial charge on any atom is 0.224 e. The van der Waals surface area contributed by atoms with Crippen molar-refractivity contribution in [3.05, 3.63) is 23.2 Å². The molecule has 1 aromatic carbocycles. The van der Waals surface area contributed by atoms with Crippen LogP contribution in [0, 0.1) is 0 Å². The highest BCUT2D eigenvalue weighted by atomic mass is 35.5. The molecule has 0 aliphatic rings. The Morgan fingerprint density at radius 2 is 1.95 bits per heavy atom. The van der Waals surface area contributed by atoms with Crippen molar-refractivity contribution in [2.75, 3.05) is 24.2 Å². The summed E-state index contributed by atoms with van der Waals surface area (Å²) >= 11 is 5.89. The molecule has 0 heterocycles. The molecule has 0 bridgehead atoms. The topological polar surface area (TPSA) is 70.2 Å². The van der Waals surface area contributed by atoms with Gasteiger partial charge in [0.2, 0.25) is 11.8 Å². The van der Waals surface area contributed by atoms with Gasteiger partial charge in [-0.05, 0) is 38.2 Å². The molecule has 0 unspecified atom stereocenters. The van der Waals surface area contributed by atoms with Gasteiger partial charge in [-0.1, -0.05) is 11.6 Å². The Bertz CT molecular complexity index is 463. The van der Waals surface area contributed by atoms with Crippen molar-refractivity contribution in [3.63, 3.8) is 0 Å². The van der Waals surface area contributed by atoms with Gasteiger partial charge in [0, 0.05) is 18.4 Å². The average molecular weight is 284 g/mol. The molecule has 0 aliphatic heterocycles. The Labute approximate surface area is 117 Å². The molecule has 0 saturated carbocycles. The van der Waals surface area contributed by atoms with Crippen LogP contribution in [0.2, 0.25) is 5.02 Å². The number of carbonyl (C=O) groups is 2. The molecule has 2 amide bonds. The largest absolute Gasteiger partial charge is 0.325 e. The van der Waals surface area contributed by atoms with Gasteiger partial charge in [-0.2, -0.15) is 0 Å². The lowest BCUT2D eigenvalue weighted by Gasteiger charge is -2.12. The fourth-order valence-electron chi connectivity index (χ4n) is 1.56. The lowest BCUT2D eigenvalue weighted by molar-refractivity contribution is -0.116. The van der Waals surface area contributed by atoms with Crippen LogP contribution < -0.4 is 16.0 Å². The Balaban J connectivity index is 2.72. The first-order chi connectivity index (χ1) is 9.02. The minimum absolute atomic E-state index is 0.107. The van der Waals surface area contributed by atoms with E-state index in [0.717, 1.165) is 13.0 Å². The molecule has 0 spiro atoms. The molecule has 0 fully saturated rings. The Kier molecular flexibility index (Phi) is 6.32. The molecule has 1 rings (SSSR count). The smallest absolute Gasteiger partial charge is 0.224 e. The van der Waals surface area contributed by atoms with Crippen LogP contribution in [0.4, 0.5) is 11.4 Å². The highest BCUT2D eigenvalue weighted by molar-refractivity contribution is 6.31. The zero-order valence-electron chi connectivity index (χ0n) is 11.0. The van der Waals surface area contributed by atoms with Crippen molar-refractivity contribution < 1.29 is 9.59 Å². The summed E-state index contributed by atoms with van der Waals surface area (Å²) in [5.41, 5.74) is 1.05. The zero-order valence-corrected chi connectivity index (χ0v) is 11.8. The van der Waals surface area contributed by atoms with E-state index >= 15 is 0 Å². The van der Waals surface area contributed by atoms with Crippen molar-refractivity contribution >= 4 is 34.8 Å². The summed E-state index contributed by atoms with van der Waals surface area (Å²) in [6, 6.07) is 4.93. The van der Waals surface area contributed by atoms with Crippen molar-refractivity contribution in [1.29, 1.82) is 0 Å². The number of rotatable bonds is 6. The minimum Gasteiger partial charge on any atom is -0.325 e. The molecule has 3 N–H and O–H groups in total. The van der Waals surface area contributed by atoms with Crippen molar-refractivity contribution in [1.82, 2.24) is 5.32 Å². The van der Waals surface area contributed by atoms with Gasteiger partial charge >= 0.3 is 0 Å². The highest BCUT2D eigenvalue weighted by Crippen LogP contribution is 2.26. The molecule has 0 atom stereocenters. The molecule has 19 heavy (non-hydrogen) atoms. The highest BCUT2D eigenvalue weighted by Gasteiger charge is 2.08. The molecule has 0 saturated heterocycles. The summed E-state index contributed by atoms with van der Waals surface area (Å²) in [5.74, 6) is -0.308. The van der Waals surface area contributed by atoms with Crippen LogP contribution in [0.15, 0.2) is 18.2 Å². The van der Waals surface area contributed by atoms with Gasteiger partial charge in [0.05, 0.1) is 11.4 Å². The van der Waals surface area contributed by atoms with Crippen molar-refractivity contribution in [2.45, 2.75) is 19.8 Å². The third-order valence-electron chi connectivity index (χ3n) is 2.40. The SMILES string of the molecule is CNCCCC(=O)Nc1cc(Cl)ccc1NC(C)=O. The number of hydrogen-bond acceptors (Lipinski definition) is 3. The van der Waals surface area contributed by atoms with E-state index in [1.165, 1.54) is 6.92 Å². The van der Waals surface area contributed by atoms with E-state index in [9.17, 15) is 9.59 Å². The molecule has 0 aromatic heterocycles. The summed E-state index contributed by atoms with van der Waals surface area (Å²) in [6.07, 6.45) is 1.16. The third-order valence-corrected chi connectivity index (χ3v) is 2.63. The number of nitrogens with one attached hydrogen (secondary N) is 3. The third kappa shape index (κ3) is 5.72. The first-order valence-corrected chi connectivity index (χ1v) is 6.42. The fourth-order valence-corrected chi connectivity index (χ4v) is 1.73. The maximum absolute atomic E-state index is 11.7. The first-order valence-electron chi connectivity index (χ1n) is 6.04. The molecule has 104 valence electrons. The molecular formula is C13H18ClN3O2. The Morgan fingerprint density at radius 1 is 1.21 bits per heavy atom. The van der Waals surface area contributed by atoms with Gasteiger partial charge in [0.25, 0.3) is 0 Å². The monoisotopic (exact) mass is 283 g/mol. The van der Waals surface area contributed by atoms with Gasteiger partial charge in [-0.15, -0.1) is 0 Å². The molecule has 0 radical (unpaired) electrons. The molecule has 6 heteroatoms. The number of benzene rings is 1. The quantitative estimate of drug-likeness (QED) is 0.701. The molecule has 0 aliphatic carbocycles. The van der Waals surface area contributed by atoms with Crippen LogP contribution in [0.5, 0.6) is 0 Å². The standard InChI is InChI=1S/C13H18ClN3O2/c1-9(18)16-11-6-5-10(14)8-12(11)17-13(19)4-3-7-15-2/h5-6,8,15H,3-4,7H2,1-2H3,(H,16,18)(H,17,19). The van der Waals surface area contributed by atoms with Crippen molar-refractivity contribution in [3.8, 4) is 0 Å². The van der Waals surface area contributed by atoms with E-state index < -0.39 is 0 Å². The maximum atomic E-state index is 11.7. The molecular weight excluding hydrogens is 266 g/mol. The number of hydrogen-bond donors (Lipinski definition) is 3. The van der Waals surface area contributed by atoms with E-state index in [1.54, 1.807) is 18.2 Å². The predicted molar refractivity (Wildman–Crippen MR) is 77.5 cm³/mol. The first kappa shape index (κ1) is 15.5. The number of halogens is 1. The second-order valence-corrected chi connectivity index (χ2v) is 4.56. The van der Waals surface area contributed by atoms with Gasteiger partial charge in [0.15, 0.2) is 0 Å². The van der Waals surface area contributed by atoms with E-state index in [1.807, 2.05) is 7.05 Å². The van der Waals surface area contributed by atoms with E-state index in [0.29, 0.717) is 22.8 Å². The number of amides is 2. The van der Waals surface area contributed by atoms with Crippen molar-refractivity contribution in [2.24, 2.45) is 0 Å².